The number of benzene rings is 3. The molecule has 0 bridgehead atoms. The predicted octanol–water partition coefficient (Wildman–Crippen LogP) is 5.64. The number of fused-ring (bicyclic) bond motifs is 2. The van der Waals surface area contributed by atoms with Gasteiger partial charge in [-0.25, -0.2) is 4.98 Å². The number of hydrogen-bond acceptors (Lipinski definition) is 6. The second-order valence-electron chi connectivity index (χ2n) is 8.30. The van der Waals surface area contributed by atoms with Crippen LogP contribution in [0, 0.1) is 0 Å². The van der Waals surface area contributed by atoms with Gasteiger partial charge in [0.05, 0.1) is 35.9 Å². The smallest absolute Gasteiger partial charge is 0.313 e. The molecule has 0 fully saturated rings. The van der Waals surface area contributed by atoms with Crippen LogP contribution in [0.25, 0.3) is 21.8 Å². The summed E-state index contributed by atoms with van der Waals surface area (Å²) in [7, 11) is 0. The van der Waals surface area contributed by atoms with E-state index in [1.165, 1.54) is 6.92 Å². The second-order valence-corrected chi connectivity index (χ2v) is 8.30. The van der Waals surface area contributed by atoms with Crippen LogP contribution >= 0.6 is 0 Å². The first kappa shape index (κ1) is 24.2. The number of aliphatic hydroxyl groups is 1. The van der Waals surface area contributed by atoms with E-state index in [0.29, 0.717) is 28.9 Å². The molecule has 0 saturated carbocycles. The number of para-hydroxylation sites is 2. The van der Waals surface area contributed by atoms with Gasteiger partial charge in [-0.05, 0) is 43.2 Å². The van der Waals surface area contributed by atoms with E-state index in [2.05, 4.69) is 10.6 Å². The first-order valence-corrected chi connectivity index (χ1v) is 11.7. The average Bonchev–Trinajstić information content (AvgIpc) is 2.85. The van der Waals surface area contributed by atoms with Crippen molar-refractivity contribution in [3.8, 4) is 0 Å². The van der Waals surface area contributed by atoms with Gasteiger partial charge in [-0.2, -0.15) is 0 Å². The van der Waals surface area contributed by atoms with E-state index < -0.39 is 5.92 Å². The fourth-order valence-corrected chi connectivity index (χ4v) is 4.42. The number of esters is 1. The standard InChI is InChI=1S/C28H29N3O4/c1-4-19(28(34)35-5-2)26-24(29-17(3)33)14-18(16-32)15-25(26)31-27-20-10-6-8-12-22(20)30-23-13-9-7-11-21(23)27/h6-15,19,32H,4-5,16H2,1-3H3,(H,29,33)(H,30,31). The number of amides is 1. The normalized spacial score (nSPS) is 11.9. The molecule has 1 heterocycles. The Morgan fingerprint density at radius 1 is 0.971 bits per heavy atom. The summed E-state index contributed by atoms with van der Waals surface area (Å²) in [4.78, 5) is 29.8. The molecule has 0 aliphatic carbocycles. The van der Waals surface area contributed by atoms with Gasteiger partial charge in [0, 0.05) is 34.6 Å². The van der Waals surface area contributed by atoms with Gasteiger partial charge in [0.15, 0.2) is 0 Å². The molecule has 4 rings (SSSR count). The maximum absolute atomic E-state index is 13.0. The number of carbonyl (C=O) groups is 2. The van der Waals surface area contributed by atoms with Crippen molar-refractivity contribution in [2.45, 2.75) is 39.7 Å². The van der Waals surface area contributed by atoms with Crippen LogP contribution in [-0.2, 0) is 20.9 Å². The van der Waals surface area contributed by atoms with Crippen molar-refractivity contribution in [2.75, 3.05) is 17.2 Å². The maximum Gasteiger partial charge on any atom is 0.313 e. The minimum Gasteiger partial charge on any atom is -0.466 e. The second kappa shape index (κ2) is 10.5. The molecule has 1 amide bonds. The highest BCUT2D eigenvalue weighted by atomic mass is 16.5. The zero-order chi connectivity index (χ0) is 24.9. The Morgan fingerprint density at radius 3 is 2.11 bits per heavy atom. The number of aliphatic hydroxyl groups excluding tert-OH is 1. The van der Waals surface area contributed by atoms with Crippen molar-refractivity contribution in [1.29, 1.82) is 0 Å². The van der Waals surface area contributed by atoms with Crippen LogP contribution in [0.15, 0.2) is 60.7 Å². The van der Waals surface area contributed by atoms with Gasteiger partial charge < -0.3 is 20.5 Å². The summed E-state index contributed by atoms with van der Waals surface area (Å²) in [5.41, 5.74) is 4.77. The Morgan fingerprint density at radius 2 is 1.57 bits per heavy atom. The lowest BCUT2D eigenvalue weighted by Crippen LogP contribution is -2.20. The van der Waals surface area contributed by atoms with E-state index in [4.69, 9.17) is 9.72 Å². The van der Waals surface area contributed by atoms with E-state index in [9.17, 15) is 14.7 Å². The Hall–Kier alpha value is -3.97. The van der Waals surface area contributed by atoms with E-state index in [-0.39, 0.29) is 25.1 Å². The van der Waals surface area contributed by atoms with Gasteiger partial charge in [0.25, 0.3) is 0 Å². The third-order valence-electron chi connectivity index (χ3n) is 5.91. The topological polar surface area (TPSA) is 101 Å². The summed E-state index contributed by atoms with van der Waals surface area (Å²) >= 11 is 0. The number of rotatable bonds is 8. The van der Waals surface area contributed by atoms with Gasteiger partial charge in [-0.3, -0.25) is 9.59 Å². The van der Waals surface area contributed by atoms with Gasteiger partial charge >= 0.3 is 5.97 Å². The van der Waals surface area contributed by atoms with Gasteiger partial charge in [-0.1, -0.05) is 43.3 Å². The summed E-state index contributed by atoms with van der Waals surface area (Å²) in [6, 6.07) is 19.2. The summed E-state index contributed by atoms with van der Waals surface area (Å²) in [6.45, 7) is 5.11. The monoisotopic (exact) mass is 471 g/mol. The van der Waals surface area contributed by atoms with E-state index >= 15 is 0 Å². The number of nitrogens with one attached hydrogen (secondary N) is 2. The van der Waals surface area contributed by atoms with Crippen LogP contribution in [0.2, 0.25) is 0 Å². The number of aromatic nitrogens is 1. The summed E-state index contributed by atoms with van der Waals surface area (Å²) < 4.78 is 5.37. The van der Waals surface area contributed by atoms with Gasteiger partial charge in [0.1, 0.15) is 0 Å². The number of carbonyl (C=O) groups excluding carboxylic acids is 2. The number of ether oxygens (including phenoxy) is 1. The lowest BCUT2D eigenvalue weighted by molar-refractivity contribution is -0.145. The summed E-state index contributed by atoms with van der Waals surface area (Å²) in [6.07, 6.45) is 0.469. The molecule has 3 N–H and O–H groups in total. The maximum atomic E-state index is 13.0. The van der Waals surface area contributed by atoms with E-state index in [0.717, 1.165) is 27.5 Å². The molecule has 0 spiro atoms. The molecule has 1 aromatic heterocycles. The van der Waals surface area contributed by atoms with Gasteiger partial charge in [0.2, 0.25) is 5.91 Å². The molecule has 0 aliphatic heterocycles. The average molecular weight is 472 g/mol. The van der Waals surface area contributed by atoms with Crippen LogP contribution < -0.4 is 10.6 Å². The zero-order valence-corrected chi connectivity index (χ0v) is 20.1. The number of anilines is 3. The molecule has 0 aliphatic rings. The molecule has 180 valence electrons. The molecule has 1 atom stereocenters. The molecule has 3 aromatic carbocycles. The molecule has 4 aromatic rings. The lowest BCUT2D eigenvalue weighted by Gasteiger charge is -2.24. The highest BCUT2D eigenvalue weighted by Gasteiger charge is 2.28. The number of hydrogen-bond donors (Lipinski definition) is 3. The van der Waals surface area contributed by atoms with Crippen molar-refractivity contribution < 1.29 is 19.4 Å². The zero-order valence-electron chi connectivity index (χ0n) is 20.1. The van der Waals surface area contributed by atoms with Crippen LogP contribution in [0.4, 0.5) is 17.1 Å². The number of nitrogens with zero attached hydrogens (tertiary/aromatic N) is 1. The van der Waals surface area contributed by atoms with Crippen LogP contribution in [-0.4, -0.2) is 28.6 Å². The highest BCUT2D eigenvalue weighted by molar-refractivity contribution is 6.09. The fraction of sp³-hybridized carbons (Fsp3) is 0.250. The molecular formula is C28H29N3O4. The van der Waals surface area contributed by atoms with Crippen LogP contribution in [0.5, 0.6) is 0 Å². The summed E-state index contributed by atoms with van der Waals surface area (Å²) in [5, 5.41) is 18.2. The molecule has 7 nitrogen and oxygen atoms in total. The van der Waals surface area contributed by atoms with Crippen molar-refractivity contribution in [1.82, 2.24) is 4.98 Å². The lowest BCUT2D eigenvalue weighted by atomic mass is 9.91. The first-order valence-electron chi connectivity index (χ1n) is 11.7. The molecule has 1 unspecified atom stereocenters. The van der Waals surface area contributed by atoms with Gasteiger partial charge in [-0.15, -0.1) is 0 Å². The minimum atomic E-state index is -0.619. The summed E-state index contributed by atoms with van der Waals surface area (Å²) in [5.74, 6) is -1.26. The Balaban J connectivity index is 2.00. The van der Waals surface area contributed by atoms with Crippen LogP contribution in [0.1, 0.15) is 44.2 Å². The first-order chi connectivity index (χ1) is 17.0. The molecule has 7 heteroatoms. The predicted molar refractivity (Wildman–Crippen MR) is 139 cm³/mol. The van der Waals surface area contributed by atoms with Crippen molar-refractivity contribution in [2.24, 2.45) is 0 Å². The van der Waals surface area contributed by atoms with E-state index in [1.54, 1.807) is 13.0 Å². The largest absolute Gasteiger partial charge is 0.466 e. The molecular weight excluding hydrogens is 442 g/mol. The molecule has 0 saturated heterocycles. The minimum absolute atomic E-state index is 0.227. The van der Waals surface area contributed by atoms with Crippen molar-refractivity contribution in [3.63, 3.8) is 0 Å². The Kier molecular flexibility index (Phi) is 7.27. The number of pyridine rings is 1. The fourth-order valence-electron chi connectivity index (χ4n) is 4.42. The SMILES string of the molecule is CCOC(=O)C(CC)c1c(NC(C)=O)cc(CO)cc1Nc1c2ccccc2nc2ccccc12. The molecule has 0 radical (unpaired) electrons. The Bertz CT molecular complexity index is 1350. The highest BCUT2D eigenvalue weighted by Crippen LogP contribution is 2.40. The van der Waals surface area contributed by atoms with Crippen LogP contribution in [0.3, 0.4) is 0 Å². The molecule has 35 heavy (non-hydrogen) atoms. The third-order valence-corrected chi connectivity index (χ3v) is 5.91. The van der Waals surface area contributed by atoms with E-state index in [1.807, 2.05) is 61.5 Å². The quantitative estimate of drug-likeness (QED) is 0.227. The van der Waals surface area contributed by atoms with Crippen molar-refractivity contribution in [3.05, 3.63) is 71.8 Å². The van der Waals surface area contributed by atoms with Crippen molar-refractivity contribution >= 4 is 50.7 Å². The Labute approximate surface area is 204 Å². The third kappa shape index (κ3) is 4.95.